The summed E-state index contributed by atoms with van der Waals surface area (Å²) in [5.74, 6) is -0.773. The molecular formula is C14H9FN2OS2. The molecule has 0 spiro atoms. The van der Waals surface area contributed by atoms with Crippen molar-refractivity contribution in [3.05, 3.63) is 59.0 Å². The molecule has 0 saturated carbocycles. The first kappa shape index (κ1) is 13.1. The Labute approximate surface area is 124 Å². The number of carbonyl (C=O) groups excluding carboxylic acids is 1. The summed E-state index contributed by atoms with van der Waals surface area (Å²) in [6, 6.07) is 9.77. The number of hydrogen-bond acceptors (Lipinski definition) is 3. The Morgan fingerprint density at radius 1 is 1.25 bits per heavy atom. The minimum absolute atomic E-state index is 0.185. The number of nitrogens with zero attached hydrogens (tertiary/aromatic N) is 1. The molecule has 1 aliphatic heterocycles. The summed E-state index contributed by atoms with van der Waals surface area (Å²) in [6.07, 6.45) is 3.48. The molecule has 20 heavy (non-hydrogen) atoms. The zero-order valence-corrected chi connectivity index (χ0v) is 11.8. The molecule has 0 bridgehead atoms. The number of thiocarbonyl (C=S) groups is 1. The van der Waals surface area contributed by atoms with Gasteiger partial charge in [-0.15, -0.1) is 0 Å². The number of nitrogens with one attached hydrogen (secondary N) is 1. The predicted molar refractivity (Wildman–Crippen MR) is 82.8 cm³/mol. The van der Waals surface area contributed by atoms with Gasteiger partial charge in [0.05, 0.1) is 10.6 Å². The van der Waals surface area contributed by atoms with E-state index in [1.807, 2.05) is 12.1 Å². The van der Waals surface area contributed by atoms with E-state index in [1.165, 1.54) is 28.8 Å². The Balaban J connectivity index is 1.98. The van der Waals surface area contributed by atoms with Gasteiger partial charge >= 0.3 is 0 Å². The average Bonchev–Trinajstić information content (AvgIpc) is 3.01. The fraction of sp³-hybridized carbons (Fsp3) is 0. The van der Waals surface area contributed by atoms with Gasteiger partial charge in [0, 0.05) is 11.9 Å². The summed E-state index contributed by atoms with van der Waals surface area (Å²) < 4.78 is 14.1. The number of carbonyl (C=O) groups is 1. The molecule has 100 valence electrons. The fourth-order valence-corrected chi connectivity index (χ4v) is 3.16. The molecule has 1 aromatic heterocycles. The number of benzene rings is 1. The van der Waals surface area contributed by atoms with E-state index in [9.17, 15) is 9.18 Å². The molecule has 2 heterocycles. The predicted octanol–water partition coefficient (Wildman–Crippen LogP) is 3.56. The molecule has 1 N–H and O–H groups in total. The van der Waals surface area contributed by atoms with Gasteiger partial charge in [-0.05, 0) is 30.3 Å². The van der Waals surface area contributed by atoms with E-state index in [1.54, 1.807) is 24.4 Å². The topological polar surface area (TPSA) is 36.1 Å². The van der Waals surface area contributed by atoms with Crippen LogP contribution in [0.25, 0.3) is 6.08 Å². The van der Waals surface area contributed by atoms with Gasteiger partial charge in [-0.1, -0.05) is 36.1 Å². The van der Waals surface area contributed by atoms with E-state index in [0.29, 0.717) is 9.23 Å². The number of aromatic amines is 1. The summed E-state index contributed by atoms with van der Waals surface area (Å²) >= 11 is 6.35. The van der Waals surface area contributed by atoms with Crippen LogP contribution in [0.1, 0.15) is 5.69 Å². The highest BCUT2D eigenvalue weighted by Gasteiger charge is 2.34. The maximum Gasteiger partial charge on any atom is 0.270 e. The largest absolute Gasteiger partial charge is 0.362 e. The third kappa shape index (κ3) is 2.28. The van der Waals surface area contributed by atoms with Gasteiger partial charge in [0.1, 0.15) is 5.82 Å². The van der Waals surface area contributed by atoms with Crippen LogP contribution in [0.4, 0.5) is 10.1 Å². The standard InChI is InChI=1S/C14H9FN2OS2/c15-10-5-1-2-6-11(10)17-13(18)12(20-14(17)19)8-9-4-3-7-16-9/h1-8,16H. The summed E-state index contributed by atoms with van der Waals surface area (Å²) in [4.78, 5) is 17.1. The van der Waals surface area contributed by atoms with Crippen molar-refractivity contribution in [2.24, 2.45) is 0 Å². The van der Waals surface area contributed by atoms with Crippen molar-refractivity contribution in [3.63, 3.8) is 0 Å². The van der Waals surface area contributed by atoms with Crippen LogP contribution in [0, 0.1) is 5.82 Å². The second kappa shape index (κ2) is 5.22. The van der Waals surface area contributed by atoms with E-state index < -0.39 is 5.82 Å². The molecule has 2 aromatic rings. The van der Waals surface area contributed by atoms with Crippen LogP contribution in [0.3, 0.4) is 0 Å². The van der Waals surface area contributed by atoms with Gasteiger partial charge in [-0.25, -0.2) is 4.39 Å². The van der Waals surface area contributed by atoms with Crippen LogP contribution in [-0.4, -0.2) is 15.2 Å². The van der Waals surface area contributed by atoms with Gasteiger partial charge in [0.25, 0.3) is 5.91 Å². The maximum absolute atomic E-state index is 13.8. The first-order valence-corrected chi connectivity index (χ1v) is 7.05. The second-order valence-corrected chi connectivity index (χ2v) is 5.77. The molecule has 0 aliphatic carbocycles. The van der Waals surface area contributed by atoms with Crippen LogP contribution in [-0.2, 0) is 4.79 Å². The molecule has 1 aliphatic rings. The van der Waals surface area contributed by atoms with E-state index in [0.717, 1.165) is 5.69 Å². The van der Waals surface area contributed by atoms with Crippen LogP contribution in [0.5, 0.6) is 0 Å². The number of aromatic nitrogens is 1. The fourth-order valence-electron chi connectivity index (χ4n) is 1.88. The molecule has 1 amide bonds. The number of para-hydroxylation sites is 1. The van der Waals surface area contributed by atoms with Crippen molar-refractivity contribution in [2.45, 2.75) is 0 Å². The quantitative estimate of drug-likeness (QED) is 0.681. The monoisotopic (exact) mass is 304 g/mol. The van der Waals surface area contributed by atoms with Crippen molar-refractivity contribution in [2.75, 3.05) is 4.90 Å². The third-order valence-corrected chi connectivity index (χ3v) is 4.10. The number of thioether (sulfide) groups is 1. The molecule has 3 rings (SSSR count). The molecule has 3 nitrogen and oxygen atoms in total. The number of halogens is 1. The van der Waals surface area contributed by atoms with Gasteiger partial charge in [0.15, 0.2) is 4.32 Å². The molecular weight excluding hydrogens is 295 g/mol. The Hall–Kier alpha value is -1.92. The first-order valence-electron chi connectivity index (χ1n) is 5.83. The van der Waals surface area contributed by atoms with Gasteiger partial charge in [-0.2, -0.15) is 0 Å². The summed E-state index contributed by atoms with van der Waals surface area (Å²) in [5.41, 5.74) is 0.990. The molecule has 1 aromatic carbocycles. The van der Waals surface area contributed by atoms with Crippen LogP contribution >= 0.6 is 24.0 Å². The number of H-pyrrole nitrogens is 1. The minimum atomic E-state index is -0.468. The van der Waals surface area contributed by atoms with Crippen molar-refractivity contribution < 1.29 is 9.18 Å². The first-order chi connectivity index (χ1) is 9.66. The van der Waals surface area contributed by atoms with Crippen molar-refractivity contribution in [3.8, 4) is 0 Å². The normalized spacial score (nSPS) is 17.2. The Morgan fingerprint density at radius 2 is 2.05 bits per heavy atom. The number of hydrogen-bond donors (Lipinski definition) is 1. The Morgan fingerprint density at radius 3 is 2.75 bits per heavy atom. The molecule has 6 heteroatoms. The maximum atomic E-state index is 13.8. The molecule has 0 unspecified atom stereocenters. The SMILES string of the molecule is O=C1C(=Cc2ccc[nH]2)SC(=S)N1c1ccccc1F. The lowest BCUT2D eigenvalue weighted by molar-refractivity contribution is -0.113. The van der Waals surface area contributed by atoms with Crippen molar-refractivity contribution >= 4 is 46.0 Å². The molecule has 1 fully saturated rings. The second-order valence-electron chi connectivity index (χ2n) is 4.09. The lowest BCUT2D eigenvalue weighted by atomic mass is 10.2. The number of rotatable bonds is 2. The lowest BCUT2D eigenvalue weighted by Crippen LogP contribution is -2.28. The van der Waals surface area contributed by atoms with Crippen molar-refractivity contribution in [1.29, 1.82) is 0 Å². The van der Waals surface area contributed by atoms with Crippen LogP contribution in [0.2, 0.25) is 0 Å². The van der Waals surface area contributed by atoms with E-state index in [-0.39, 0.29) is 11.6 Å². The summed E-state index contributed by atoms with van der Waals surface area (Å²) in [6.45, 7) is 0. The highest BCUT2D eigenvalue weighted by molar-refractivity contribution is 8.27. The Kier molecular flexibility index (Phi) is 3.42. The highest BCUT2D eigenvalue weighted by atomic mass is 32.2. The molecule has 0 radical (unpaired) electrons. The molecule has 0 atom stereocenters. The van der Waals surface area contributed by atoms with Gasteiger partial charge in [0.2, 0.25) is 0 Å². The zero-order chi connectivity index (χ0) is 14.1. The average molecular weight is 304 g/mol. The van der Waals surface area contributed by atoms with Gasteiger partial charge < -0.3 is 4.98 Å². The van der Waals surface area contributed by atoms with Crippen molar-refractivity contribution in [1.82, 2.24) is 4.98 Å². The Bertz CT molecular complexity index is 710. The summed E-state index contributed by atoms with van der Waals surface area (Å²) in [5, 5.41) is 0. The lowest BCUT2D eigenvalue weighted by Gasteiger charge is -2.14. The van der Waals surface area contributed by atoms with E-state index in [2.05, 4.69) is 4.98 Å². The minimum Gasteiger partial charge on any atom is -0.362 e. The zero-order valence-electron chi connectivity index (χ0n) is 10.2. The van der Waals surface area contributed by atoms with Gasteiger partial charge in [-0.3, -0.25) is 9.69 Å². The smallest absolute Gasteiger partial charge is 0.270 e. The number of anilines is 1. The van der Waals surface area contributed by atoms with E-state index >= 15 is 0 Å². The summed E-state index contributed by atoms with van der Waals surface area (Å²) in [7, 11) is 0. The van der Waals surface area contributed by atoms with Crippen LogP contribution < -0.4 is 4.90 Å². The number of amides is 1. The molecule has 1 saturated heterocycles. The highest BCUT2D eigenvalue weighted by Crippen LogP contribution is 2.36. The van der Waals surface area contributed by atoms with E-state index in [4.69, 9.17) is 12.2 Å². The van der Waals surface area contributed by atoms with Crippen LogP contribution in [0.15, 0.2) is 47.5 Å². The third-order valence-electron chi connectivity index (χ3n) is 2.80.